The number of amides is 1. The molecule has 1 N–H and O–H groups in total. The van der Waals surface area contributed by atoms with Crippen molar-refractivity contribution >= 4 is 17.6 Å². The monoisotopic (exact) mass is 359 g/mol. The second-order valence-corrected chi connectivity index (χ2v) is 5.30. The van der Waals surface area contributed by atoms with Gasteiger partial charge in [0.15, 0.2) is 12.7 Å². The fraction of sp³-hybridized carbons (Fsp3) is 0.263. The van der Waals surface area contributed by atoms with Crippen LogP contribution in [0.15, 0.2) is 48.5 Å². The standard InChI is InChI=1S/C19H21NO6/c1-13(26-14-7-5-4-6-8-14)19(22)25-12-18(21)20-16-10-9-15(23-2)11-17(16)24-3/h4-11,13H,12H2,1-3H3,(H,20,21)/t13-/m0/s1. The van der Waals surface area contributed by atoms with Crippen LogP contribution in [0.2, 0.25) is 0 Å². The Morgan fingerprint density at radius 3 is 2.38 bits per heavy atom. The average Bonchev–Trinajstić information content (AvgIpc) is 2.67. The van der Waals surface area contributed by atoms with Gasteiger partial charge in [-0.1, -0.05) is 18.2 Å². The molecule has 0 spiro atoms. The molecule has 2 aromatic carbocycles. The Morgan fingerprint density at radius 1 is 1.00 bits per heavy atom. The second-order valence-electron chi connectivity index (χ2n) is 5.30. The largest absolute Gasteiger partial charge is 0.497 e. The molecule has 0 saturated heterocycles. The first-order valence-corrected chi connectivity index (χ1v) is 7.93. The van der Waals surface area contributed by atoms with Crippen molar-refractivity contribution in [2.75, 3.05) is 26.1 Å². The van der Waals surface area contributed by atoms with E-state index in [1.807, 2.05) is 6.07 Å². The van der Waals surface area contributed by atoms with Crippen molar-refractivity contribution in [3.05, 3.63) is 48.5 Å². The van der Waals surface area contributed by atoms with E-state index in [0.29, 0.717) is 22.9 Å². The minimum atomic E-state index is -0.833. The number of benzene rings is 2. The molecule has 0 unspecified atom stereocenters. The van der Waals surface area contributed by atoms with E-state index in [9.17, 15) is 9.59 Å². The molecule has 0 saturated carbocycles. The molecule has 7 heteroatoms. The number of para-hydroxylation sites is 1. The zero-order chi connectivity index (χ0) is 18.9. The van der Waals surface area contributed by atoms with Crippen molar-refractivity contribution in [2.24, 2.45) is 0 Å². The molecule has 0 bridgehead atoms. The van der Waals surface area contributed by atoms with Crippen LogP contribution < -0.4 is 19.5 Å². The van der Waals surface area contributed by atoms with E-state index >= 15 is 0 Å². The summed E-state index contributed by atoms with van der Waals surface area (Å²) in [7, 11) is 3.01. The van der Waals surface area contributed by atoms with Crippen LogP contribution in [-0.4, -0.2) is 38.8 Å². The average molecular weight is 359 g/mol. The van der Waals surface area contributed by atoms with Gasteiger partial charge in [0.05, 0.1) is 19.9 Å². The summed E-state index contributed by atoms with van der Waals surface area (Å²) in [5.41, 5.74) is 0.447. The number of esters is 1. The fourth-order valence-electron chi connectivity index (χ4n) is 2.09. The zero-order valence-corrected chi connectivity index (χ0v) is 14.9. The lowest BCUT2D eigenvalue weighted by Gasteiger charge is -2.14. The number of carbonyl (C=O) groups is 2. The van der Waals surface area contributed by atoms with Crippen molar-refractivity contribution in [3.8, 4) is 17.2 Å². The molecule has 2 aromatic rings. The molecule has 0 aromatic heterocycles. The molecule has 7 nitrogen and oxygen atoms in total. The number of anilines is 1. The van der Waals surface area contributed by atoms with Crippen LogP contribution in [0.5, 0.6) is 17.2 Å². The molecule has 1 amide bonds. The third kappa shape index (κ3) is 5.41. The van der Waals surface area contributed by atoms with Gasteiger partial charge in [0.1, 0.15) is 17.2 Å². The van der Waals surface area contributed by atoms with Crippen LogP contribution in [0.25, 0.3) is 0 Å². The quantitative estimate of drug-likeness (QED) is 0.730. The van der Waals surface area contributed by atoms with E-state index in [0.717, 1.165) is 0 Å². The van der Waals surface area contributed by atoms with Gasteiger partial charge >= 0.3 is 5.97 Å². The molecule has 2 rings (SSSR count). The summed E-state index contributed by atoms with van der Waals surface area (Å²) in [4.78, 5) is 23.9. The second kappa shape index (κ2) is 9.31. The van der Waals surface area contributed by atoms with Gasteiger partial charge in [0.25, 0.3) is 5.91 Å². The Balaban J connectivity index is 1.85. The van der Waals surface area contributed by atoms with Crippen LogP contribution in [0.1, 0.15) is 6.92 Å². The SMILES string of the molecule is COc1ccc(NC(=O)COC(=O)[C@H](C)Oc2ccccc2)c(OC)c1. The van der Waals surface area contributed by atoms with E-state index in [1.54, 1.807) is 49.4 Å². The lowest BCUT2D eigenvalue weighted by Crippen LogP contribution is -2.29. The predicted octanol–water partition coefficient (Wildman–Crippen LogP) is 2.65. The normalized spacial score (nSPS) is 11.2. The van der Waals surface area contributed by atoms with Crippen LogP contribution in [0, 0.1) is 0 Å². The summed E-state index contributed by atoms with van der Waals surface area (Å²) in [5.74, 6) is 0.451. The topological polar surface area (TPSA) is 83.1 Å². The maximum atomic E-state index is 12.0. The van der Waals surface area contributed by atoms with Crippen molar-refractivity contribution < 1.29 is 28.5 Å². The summed E-state index contributed by atoms with van der Waals surface area (Å²) < 4.78 is 20.7. The van der Waals surface area contributed by atoms with E-state index < -0.39 is 24.6 Å². The highest BCUT2D eigenvalue weighted by Gasteiger charge is 2.18. The van der Waals surface area contributed by atoms with Gasteiger partial charge in [-0.05, 0) is 31.2 Å². The Kier molecular flexibility index (Phi) is 6.84. The molecular weight excluding hydrogens is 338 g/mol. The highest BCUT2D eigenvalue weighted by Crippen LogP contribution is 2.28. The van der Waals surface area contributed by atoms with Gasteiger partial charge in [-0.2, -0.15) is 0 Å². The van der Waals surface area contributed by atoms with Gasteiger partial charge < -0.3 is 24.3 Å². The molecule has 0 radical (unpaired) electrons. The van der Waals surface area contributed by atoms with Gasteiger partial charge in [0, 0.05) is 6.07 Å². The van der Waals surface area contributed by atoms with E-state index in [1.165, 1.54) is 14.2 Å². The van der Waals surface area contributed by atoms with Crippen molar-refractivity contribution in [3.63, 3.8) is 0 Å². The molecular formula is C19H21NO6. The zero-order valence-electron chi connectivity index (χ0n) is 14.9. The highest BCUT2D eigenvalue weighted by atomic mass is 16.6. The number of rotatable bonds is 8. The van der Waals surface area contributed by atoms with Crippen LogP contribution in [0.3, 0.4) is 0 Å². The van der Waals surface area contributed by atoms with Gasteiger partial charge in [0.2, 0.25) is 0 Å². The maximum Gasteiger partial charge on any atom is 0.347 e. The number of hydrogen-bond acceptors (Lipinski definition) is 6. The Morgan fingerprint density at radius 2 is 1.73 bits per heavy atom. The number of ether oxygens (including phenoxy) is 4. The highest BCUT2D eigenvalue weighted by molar-refractivity contribution is 5.94. The molecule has 0 aliphatic rings. The third-order valence-electron chi connectivity index (χ3n) is 3.42. The first kappa shape index (κ1) is 19.1. The molecule has 138 valence electrons. The third-order valence-corrected chi connectivity index (χ3v) is 3.42. The summed E-state index contributed by atoms with van der Waals surface area (Å²) in [6.45, 7) is 1.12. The molecule has 0 fully saturated rings. The van der Waals surface area contributed by atoms with E-state index in [-0.39, 0.29) is 0 Å². The fourth-order valence-corrected chi connectivity index (χ4v) is 2.09. The van der Waals surface area contributed by atoms with Gasteiger partial charge in [-0.3, -0.25) is 4.79 Å². The van der Waals surface area contributed by atoms with Crippen molar-refractivity contribution in [2.45, 2.75) is 13.0 Å². The van der Waals surface area contributed by atoms with E-state index in [2.05, 4.69) is 5.32 Å². The van der Waals surface area contributed by atoms with Crippen molar-refractivity contribution in [1.82, 2.24) is 0 Å². The Bertz CT molecular complexity index is 747. The minimum Gasteiger partial charge on any atom is -0.497 e. The Labute approximate surface area is 151 Å². The molecule has 1 atom stereocenters. The minimum absolute atomic E-state index is 0.434. The summed E-state index contributed by atoms with van der Waals surface area (Å²) in [6, 6.07) is 13.8. The van der Waals surface area contributed by atoms with Gasteiger partial charge in [-0.15, -0.1) is 0 Å². The van der Waals surface area contributed by atoms with Crippen LogP contribution >= 0.6 is 0 Å². The number of hydrogen-bond donors (Lipinski definition) is 1. The van der Waals surface area contributed by atoms with Crippen molar-refractivity contribution in [1.29, 1.82) is 0 Å². The predicted molar refractivity (Wildman–Crippen MR) is 95.7 cm³/mol. The summed E-state index contributed by atoms with van der Waals surface area (Å²) >= 11 is 0. The molecule has 0 aliphatic carbocycles. The molecule has 0 heterocycles. The van der Waals surface area contributed by atoms with Crippen LogP contribution in [0.4, 0.5) is 5.69 Å². The lowest BCUT2D eigenvalue weighted by molar-refractivity contribution is -0.153. The first-order valence-electron chi connectivity index (χ1n) is 7.93. The lowest BCUT2D eigenvalue weighted by atomic mass is 10.2. The molecule has 0 aliphatic heterocycles. The van der Waals surface area contributed by atoms with E-state index in [4.69, 9.17) is 18.9 Å². The Hall–Kier alpha value is -3.22. The number of nitrogens with one attached hydrogen (secondary N) is 1. The van der Waals surface area contributed by atoms with Crippen LogP contribution in [-0.2, 0) is 14.3 Å². The number of carbonyl (C=O) groups excluding carboxylic acids is 2. The first-order chi connectivity index (χ1) is 12.5. The maximum absolute atomic E-state index is 12.0. The smallest absolute Gasteiger partial charge is 0.347 e. The number of methoxy groups -OCH3 is 2. The summed E-state index contributed by atoms with van der Waals surface area (Å²) in [5, 5.41) is 2.62. The van der Waals surface area contributed by atoms with Gasteiger partial charge in [-0.25, -0.2) is 4.79 Å². The molecule has 26 heavy (non-hydrogen) atoms. The summed E-state index contributed by atoms with van der Waals surface area (Å²) in [6.07, 6.45) is -0.833.